The van der Waals surface area contributed by atoms with Gasteiger partial charge in [0.15, 0.2) is 11.5 Å². The lowest BCUT2D eigenvalue weighted by molar-refractivity contribution is -0.144. The van der Waals surface area contributed by atoms with E-state index in [1.54, 1.807) is 26.1 Å². The number of esters is 1. The molecule has 8 heteroatoms. The monoisotopic (exact) mass is 438 g/mol. The summed E-state index contributed by atoms with van der Waals surface area (Å²) in [5.41, 5.74) is 1.52. The van der Waals surface area contributed by atoms with Gasteiger partial charge in [0, 0.05) is 12.7 Å². The molecule has 0 spiro atoms. The molecule has 0 unspecified atom stereocenters. The maximum Gasteiger partial charge on any atom is 0.338 e. The third-order valence-electron chi connectivity index (χ3n) is 5.15. The highest BCUT2D eigenvalue weighted by molar-refractivity contribution is 9.10. The number of halogens is 1. The van der Waals surface area contributed by atoms with Gasteiger partial charge in [0.05, 0.1) is 23.2 Å². The average Bonchev–Trinajstić information content (AvgIpc) is 3.14. The molecule has 146 valence electrons. The van der Waals surface area contributed by atoms with Crippen molar-refractivity contribution >= 4 is 27.9 Å². The van der Waals surface area contributed by atoms with Crippen molar-refractivity contribution in [1.82, 2.24) is 10.2 Å². The Labute approximate surface area is 166 Å². The predicted molar refractivity (Wildman–Crippen MR) is 102 cm³/mol. The summed E-state index contributed by atoms with van der Waals surface area (Å²) in [6.07, 6.45) is 3.76. The van der Waals surface area contributed by atoms with Crippen LogP contribution in [0.4, 0.5) is 4.79 Å². The number of hydrogen-bond acceptors (Lipinski definition) is 5. The first-order chi connectivity index (χ1) is 12.8. The maximum absolute atomic E-state index is 13.0. The molecule has 2 aliphatic rings. The summed E-state index contributed by atoms with van der Waals surface area (Å²) in [5, 5.41) is 12.9. The Balaban J connectivity index is 2.02. The fourth-order valence-corrected chi connectivity index (χ4v) is 3.95. The molecule has 1 fully saturated rings. The predicted octanol–water partition coefficient (Wildman–Crippen LogP) is 3.62. The highest BCUT2D eigenvalue weighted by Crippen LogP contribution is 2.40. The van der Waals surface area contributed by atoms with Gasteiger partial charge in [0.2, 0.25) is 0 Å². The molecule has 27 heavy (non-hydrogen) atoms. The number of urea groups is 1. The molecule has 1 heterocycles. The minimum atomic E-state index is -0.701. The van der Waals surface area contributed by atoms with E-state index in [-0.39, 0.29) is 23.6 Å². The Morgan fingerprint density at radius 1 is 1.33 bits per heavy atom. The first-order valence-electron chi connectivity index (χ1n) is 8.85. The van der Waals surface area contributed by atoms with E-state index in [1.807, 2.05) is 0 Å². The van der Waals surface area contributed by atoms with Crippen molar-refractivity contribution in [2.75, 3.05) is 14.2 Å². The SMILES string of the molecule is COc1cc([C@@H]2NC(=O)N(C)C(C)=C2C(=O)OC2CCCC2)cc(Br)c1O. The number of methoxy groups -OCH3 is 1. The summed E-state index contributed by atoms with van der Waals surface area (Å²) in [5.74, 6) is -0.232. The lowest BCUT2D eigenvalue weighted by Crippen LogP contribution is -2.46. The van der Waals surface area contributed by atoms with Crippen LogP contribution in [0.2, 0.25) is 0 Å². The normalized spacial score (nSPS) is 20.7. The van der Waals surface area contributed by atoms with Gasteiger partial charge in [0.1, 0.15) is 6.10 Å². The Morgan fingerprint density at radius 2 is 2.00 bits per heavy atom. The second-order valence-corrected chi connectivity index (χ2v) is 7.66. The zero-order valence-electron chi connectivity index (χ0n) is 15.5. The van der Waals surface area contributed by atoms with Crippen LogP contribution >= 0.6 is 15.9 Å². The van der Waals surface area contributed by atoms with Crippen LogP contribution in [0.25, 0.3) is 0 Å². The van der Waals surface area contributed by atoms with E-state index in [4.69, 9.17) is 9.47 Å². The molecule has 1 aliphatic carbocycles. The number of amides is 2. The van der Waals surface area contributed by atoms with E-state index in [2.05, 4.69) is 21.2 Å². The standard InChI is InChI=1S/C19H23BrN2O5/c1-10-15(18(24)27-12-6-4-5-7-12)16(21-19(25)22(10)2)11-8-13(20)17(23)14(9-11)26-3/h8-9,12,16,23H,4-7H2,1-3H3,(H,21,25)/t16-/m0/s1. The lowest BCUT2D eigenvalue weighted by atomic mass is 9.94. The van der Waals surface area contributed by atoms with E-state index in [9.17, 15) is 14.7 Å². The smallest absolute Gasteiger partial charge is 0.338 e. The summed E-state index contributed by atoms with van der Waals surface area (Å²) in [6, 6.07) is 2.24. The first-order valence-corrected chi connectivity index (χ1v) is 9.65. The Hall–Kier alpha value is -2.22. The summed E-state index contributed by atoms with van der Waals surface area (Å²) in [7, 11) is 3.05. The molecule has 1 aromatic carbocycles. The van der Waals surface area contributed by atoms with Crippen molar-refractivity contribution in [1.29, 1.82) is 0 Å². The summed E-state index contributed by atoms with van der Waals surface area (Å²) in [4.78, 5) is 26.7. The van der Waals surface area contributed by atoms with Crippen LogP contribution in [0.15, 0.2) is 27.9 Å². The highest BCUT2D eigenvalue weighted by atomic mass is 79.9. The zero-order valence-corrected chi connectivity index (χ0v) is 17.1. The Morgan fingerprint density at radius 3 is 2.63 bits per heavy atom. The van der Waals surface area contributed by atoms with E-state index >= 15 is 0 Å². The van der Waals surface area contributed by atoms with Crippen LogP contribution in [0, 0.1) is 0 Å². The molecule has 0 aromatic heterocycles. The maximum atomic E-state index is 13.0. The quantitative estimate of drug-likeness (QED) is 0.700. The van der Waals surface area contributed by atoms with Crippen LogP contribution in [0.3, 0.4) is 0 Å². The zero-order chi connectivity index (χ0) is 19.7. The van der Waals surface area contributed by atoms with Gasteiger partial charge in [-0.25, -0.2) is 9.59 Å². The number of phenolic OH excluding ortho intramolecular Hbond substituents is 1. The van der Waals surface area contributed by atoms with Gasteiger partial charge in [-0.2, -0.15) is 0 Å². The minimum Gasteiger partial charge on any atom is -0.503 e. The molecule has 1 saturated carbocycles. The van der Waals surface area contributed by atoms with Gasteiger partial charge in [-0.15, -0.1) is 0 Å². The molecule has 1 atom stereocenters. The van der Waals surface area contributed by atoms with Crippen molar-refractivity contribution < 1.29 is 24.2 Å². The summed E-state index contributed by atoms with van der Waals surface area (Å²) in [6.45, 7) is 1.73. The molecule has 1 aliphatic heterocycles. The number of nitrogens with one attached hydrogen (secondary N) is 1. The molecule has 0 saturated heterocycles. The first kappa shape index (κ1) is 19.5. The molecule has 0 radical (unpaired) electrons. The minimum absolute atomic E-state index is 0.0451. The largest absolute Gasteiger partial charge is 0.503 e. The van der Waals surface area contributed by atoms with Crippen molar-refractivity contribution in [3.8, 4) is 11.5 Å². The molecule has 1 aromatic rings. The Bertz CT molecular complexity index is 802. The molecule has 3 rings (SSSR count). The van der Waals surface area contributed by atoms with Crippen LogP contribution in [0.1, 0.15) is 44.2 Å². The number of hydrogen-bond donors (Lipinski definition) is 2. The van der Waals surface area contributed by atoms with Gasteiger partial charge < -0.3 is 24.8 Å². The van der Waals surface area contributed by atoms with Gasteiger partial charge >= 0.3 is 12.0 Å². The van der Waals surface area contributed by atoms with E-state index < -0.39 is 12.0 Å². The number of aromatic hydroxyl groups is 1. The highest BCUT2D eigenvalue weighted by Gasteiger charge is 2.36. The van der Waals surface area contributed by atoms with E-state index in [0.29, 0.717) is 21.3 Å². The average molecular weight is 439 g/mol. The van der Waals surface area contributed by atoms with Crippen LogP contribution < -0.4 is 10.1 Å². The summed E-state index contributed by atoms with van der Waals surface area (Å²) >= 11 is 3.29. The van der Waals surface area contributed by atoms with Gasteiger partial charge in [-0.05, 0) is 66.2 Å². The number of benzene rings is 1. The number of nitrogens with zero attached hydrogens (tertiary/aromatic N) is 1. The van der Waals surface area contributed by atoms with Crippen molar-refractivity contribution in [2.24, 2.45) is 0 Å². The third-order valence-corrected chi connectivity index (χ3v) is 5.76. The molecule has 2 amide bonds. The number of ether oxygens (including phenoxy) is 2. The van der Waals surface area contributed by atoms with Crippen LogP contribution in [-0.4, -0.2) is 42.3 Å². The Kier molecular flexibility index (Phi) is 5.64. The number of phenols is 1. The van der Waals surface area contributed by atoms with Crippen molar-refractivity contribution in [2.45, 2.75) is 44.8 Å². The van der Waals surface area contributed by atoms with Crippen molar-refractivity contribution in [3.05, 3.63) is 33.4 Å². The fourth-order valence-electron chi connectivity index (χ4n) is 3.49. The lowest BCUT2D eigenvalue weighted by Gasteiger charge is -2.34. The molecular formula is C19H23BrN2O5. The molecular weight excluding hydrogens is 416 g/mol. The van der Waals surface area contributed by atoms with Crippen LogP contribution in [0.5, 0.6) is 11.5 Å². The van der Waals surface area contributed by atoms with Gasteiger partial charge in [-0.3, -0.25) is 0 Å². The topological polar surface area (TPSA) is 88.1 Å². The van der Waals surface area contributed by atoms with E-state index in [0.717, 1.165) is 25.7 Å². The summed E-state index contributed by atoms with van der Waals surface area (Å²) < 4.78 is 11.3. The fraction of sp³-hybridized carbons (Fsp3) is 0.474. The number of allylic oxidation sites excluding steroid dienone is 1. The molecule has 7 nitrogen and oxygen atoms in total. The number of carbonyl (C=O) groups excluding carboxylic acids is 2. The van der Waals surface area contributed by atoms with Crippen LogP contribution in [-0.2, 0) is 9.53 Å². The van der Waals surface area contributed by atoms with Crippen molar-refractivity contribution in [3.63, 3.8) is 0 Å². The van der Waals surface area contributed by atoms with Gasteiger partial charge in [0.25, 0.3) is 0 Å². The molecule has 2 N–H and O–H groups in total. The van der Waals surface area contributed by atoms with E-state index in [1.165, 1.54) is 12.0 Å². The second kappa shape index (κ2) is 7.80. The number of carbonyl (C=O) groups is 2. The van der Waals surface area contributed by atoms with Gasteiger partial charge in [-0.1, -0.05) is 0 Å². The molecule has 0 bridgehead atoms. The second-order valence-electron chi connectivity index (χ2n) is 6.81. The third kappa shape index (κ3) is 3.76. The number of rotatable bonds is 4.